The monoisotopic (exact) mass is 277 g/mol. The van der Waals surface area contributed by atoms with Crippen LogP contribution in [0, 0.1) is 0 Å². The summed E-state index contributed by atoms with van der Waals surface area (Å²) in [6.45, 7) is 10.5. The van der Waals surface area contributed by atoms with Crippen LogP contribution in [0.2, 0.25) is 0 Å². The molecule has 2 heterocycles. The Hall–Kier alpha value is -1.69. The standard InChI is InChI=1S/C14H23N5O/c1-6-20-8-7-18(5)12-11-9-17-19(14(2,3)4)13(11)16-10-15-12/h9-10H,6-8H2,1-5H3. The summed E-state index contributed by atoms with van der Waals surface area (Å²) in [5, 5.41) is 5.44. The Labute approximate surface area is 119 Å². The minimum atomic E-state index is -0.0999. The van der Waals surface area contributed by atoms with Crippen LogP contribution in [0.1, 0.15) is 27.7 Å². The molecule has 0 aliphatic heterocycles. The number of hydrogen-bond donors (Lipinski definition) is 0. The molecule has 0 aliphatic rings. The van der Waals surface area contributed by atoms with E-state index in [0.717, 1.165) is 30.0 Å². The van der Waals surface area contributed by atoms with E-state index in [2.05, 4.69) is 40.7 Å². The zero-order chi connectivity index (χ0) is 14.8. The Bertz CT molecular complexity index is 572. The first-order valence-electron chi connectivity index (χ1n) is 6.93. The quantitative estimate of drug-likeness (QED) is 0.783. The van der Waals surface area contributed by atoms with Crippen molar-refractivity contribution < 1.29 is 4.74 Å². The Morgan fingerprint density at radius 2 is 2.05 bits per heavy atom. The van der Waals surface area contributed by atoms with Crippen LogP contribution in [0.25, 0.3) is 11.0 Å². The van der Waals surface area contributed by atoms with E-state index < -0.39 is 0 Å². The molecule has 0 unspecified atom stereocenters. The van der Waals surface area contributed by atoms with Crippen LogP contribution >= 0.6 is 0 Å². The molecular weight excluding hydrogens is 254 g/mol. The lowest BCUT2D eigenvalue weighted by Crippen LogP contribution is -2.25. The van der Waals surface area contributed by atoms with Gasteiger partial charge in [0.15, 0.2) is 5.65 Å². The lowest BCUT2D eigenvalue weighted by atomic mass is 10.1. The van der Waals surface area contributed by atoms with Gasteiger partial charge in [-0.25, -0.2) is 14.6 Å². The zero-order valence-electron chi connectivity index (χ0n) is 12.9. The molecule has 2 aromatic heterocycles. The summed E-state index contributed by atoms with van der Waals surface area (Å²) in [5.41, 5.74) is 0.767. The number of hydrogen-bond acceptors (Lipinski definition) is 5. The molecule has 0 amide bonds. The van der Waals surface area contributed by atoms with Crippen LogP contribution in [0.5, 0.6) is 0 Å². The van der Waals surface area contributed by atoms with Crippen LogP contribution in [0.4, 0.5) is 5.82 Å². The summed E-state index contributed by atoms with van der Waals surface area (Å²) in [5.74, 6) is 0.894. The molecule has 2 aromatic rings. The minimum Gasteiger partial charge on any atom is -0.380 e. The van der Waals surface area contributed by atoms with Gasteiger partial charge in [0, 0.05) is 20.2 Å². The fourth-order valence-corrected chi connectivity index (χ4v) is 2.08. The third-order valence-corrected chi connectivity index (χ3v) is 3.12. The van der Waals surface area contributed by atoms with Crippen molar-refractivity contribution in [1.29, 1.82) is 0 Å². The smallest absolute Gasteiger partial charge is 0.163 e. The van der Waals surface area contributed by atoms with E-state index in [9.17, 15) is 0 Å². The number of ether oxygens (including phenoxy) is 1. The van der Waals surface area contributed by atoms with Crippen LogP contribution in [-0.2, 0) is 10.3 Å². The van der Waals surface area contributed by atoms with E-state index >= 15 is 0 Å². The second-order valence-corrected chi connectivity index (χ2v) is 5.78. The molecular formula is C14H23N5O. The zero-order valence-corrected chi connectivity index (χ0v) is 12.9. The highest BCUT2D eigenvalue weighted by molar-refractivity contribution is 5.86. The van der Waals surface area contributed by atoms with E-state index in [4.69, 9.17) is 4.74 Å². The van der Waals surface area contributed by atoms with Gasteiger partial charge < -0.3 is 9.64 Å². The molecule has 0 fully saturated rings. The van der Waals surface area contributed by atoms with Crippen LogP contribution < -0.4 is 4.90 Å². The van der Waals surface area contributed by atoms with Gasteiger partial charge in [-0.2, -0.15) is 5.10 Å². The second-order valence-electron chi connectivity index (χ2n) is 5.78. The molecule has 0 N–H and O–H groups in total. The number of likely N-dealkylation sites (N-methyl/N-ethyl adjacent to an activating group) is 1. The van der Waals surface area contributed by atoms with Gasteiger partial charge >= 0.3 is 0 Å². The van der Waals surface area contributed by atoms with E-state index in [0.29, 0.717) is 6.61 Å². The fraction of sp³-hybridized carbons (Fsp3) is 0.643. The van der Waals surface area contributed by atoms with Crippen molar-refractivity contribution in [2.45, 2.75) is 33.2 Å². The van der Waals surface area contributed by atoms with Gasteiger partial charge in [-0.3, -0.25) is 0 Å². The van der Waals surface area contributed by atoms with Crippen molar-refractivity contribution >= 4 is 16.9 Å². The fourth-order valence-electron chi connectivity index (χ4n) is 2.08. The largest absolute Gasteiger partial charge is 0.380 e. The molecule has 110 valence electrons. The average Bonchev–Trinajstić information content (AvgIpc) is 2.82. The number of fused-ring (bicyclic) bond motifs is 1. The summed E-state index contributed by atoms with van der Waals surface area (Å²) < 4.78 is 7.33. The highest BCUT2D eigenvalue weighted by Gasteiger charge is 2.20. The molecule has 0 radical (unpaired) electrons. The first-order valence-corrected chi connectivity index (χ1v) is 6.93. The predicted molar refractivity (Wildman–Crippen MR) is 80.1 cm³/mol. The molecule has 6 heteroatoms. The molecule has 0 saturated carbocycles. The number of nitrogens with zero attached hydrogens (tertiary/aromatic N) is 5. The minimum absolute atomic E-state index is 0.0999. The Kier molecular flexibility index (Phi) is 4.23. The van der Waals surface area contributed by atoms with E-state index in [1.165, 1.54) is 0 Å². The van der Waals surface area contributed by atoms with Crippen molar-refractivity contribution in [2.75, 3.05) is 31.7 Å². The maximum Gasteiger partial charge on any atom is 0.163 e. The number of rotatable bonds is 5. The van der Waals surface area contributed by atoms with E-state index in [-0.39, 0.29) is 5.54 Å². The molecule has 2 rings (SSSR count). The summed E-state index contributed by atoms with van der Waals surface area (Å²) in [6.07, 6.45) is 3.44. The number of anilines is 1. The van der Waals surface area contributed by atoms with Gasteiger partial charge in [0.25, 0.3) is 0 Å². The topological polar surface area (TPSA) is 56.1 Å². The van der Waals surface area contributed by atoms with Crippen molar-refractivity contribution in [2.24, 2.45) is 0 Å². The molecule has 0 aromatic carbocycles. The molecule has 0 saturated heterocycles. The summed E-state index contributed by atoms with van der Waals surface area (Å²) in [4.78, 5) is 10.8. The highest BCUT2D eigenvalue weighted by Crippen LogP contribution is 2.25. The van der Waals surface area contributed by atoms with Gasteiger partial charge in [-0.15, -0.1) is 0 Å². The normalized spacial score (nSPS) is 12.1. The Balaban J connectivity index is 2.33. The maximum absolute atomic E-state index is 5.39. The Morgan fingerprint density at radius 3 is 2.70 bits per heavy atom. The second kappa shape index (κ2) is 5.75. The first-order chi connectivity index (χ1) is 9.45. The van der Waals surface area contributed by atoms with Crippen molar-refractivity contribution in [3.63, 3.8) is 0 Å². The predicted octanol–water partition coefficient (Wildman–Crippen LogP) is 2.05. The average molecular weight is 277 g/mol. The summed E-state index contributed by atoms with van der Waals surface area (Å²) in [7, 11) is 2.01. The van der Waals surface area contributed by atoms with Crippen LogP contribution in [-0.4, -0.2) is 46.6 Å². The van der Waals surface area contributed by atoms with Gasteiger partial charge in [-0.1, -0.05) is 0 Å². The molecule has 0 spiro atoms. The van der Waals surface area contributed by atoms with Gasteiger partial charge in [-0.05, 0) is 27.7 Å². The maximum atomic E-state index is 5.39. The summed E-state index contributed by atoms with van der Waals surface area (Å²) in [6, 6.07) is 0. The van der Waals surface area contributed by atoms with Gasteiger partial charge in [0.2, 0.25) is 0 Å². The van der Waals surface area contributed by atoms with Gasteiger partial charge in [0.05, 0.1) is 23.7 Å². The third-order valence-electron chi connectivity index (χ3n) is 3.12. The SMILES string of the molecule is CCOCCN(C)c1ncnc2c1cnn2C(C)(C)C. The van der Waals surface area contributed by atoms with Gasteiger partial charge in [0.1, 0.15) is 12.1 Å². The number of aromatic nitrogens is 4. The molecule has 0 bridgehead atoms. The van der Waals surface area contributed by atoms with Crippen molar-refractivity contribution in [3.8, 4) is 0 Å². The van der Waals surface area contributed by atoms with E-state index in [1.54, 1.807) is 6.33 Å². The highest BCUT2D eigenvalue weighted by atomic mass is 16.5. The molecule has 0 aliphatic carbocycles. The van der Waals surface area contributed by atoms with E-state index in [1.807, 2.05) is 24.9 Å². The Morgan fingerprint density at radius 1 is 1.30 bits per heavy atom. The lowest BCUT2D eigenvalue weighted by Gasteiger charge is -2.21. The van der Waals surface area contributed by atoms with Crippen LogP contribution in [0.15, 0.2) is 12.5 Å². The lowest BCUT2D eigenvalue weighted by molar-refractivity contribution is 0.154. The molecule has 0 atom stereocenters. The summed E-state index contributed by atoms with van der Waals surface area (Å²) >= 11 is 0. The first kappa shape index (κ1) is 14.7. The molecule has 6 nitrogen and oxygen atoms in total. The third kappa shape index (κ3) is 2.90. The molecule has 20 heavy (non-hydrogen) atoms. The van der Waals surface area contributed by atoms with Crippen molar-refractivity contribution in [3.05, 3.63) is 12.5 Å². The van der Waals surface area contributed by atoms with Crippen molar-refractivity contribution in [1.82, 2.24) is 19.7 Å². The van der Waals surface area contributed by atoms with Crippen LogP contribution in [0.3, 0.4) is 0 Å².